The van der Waals surface area contributed by atoms with E-state index in [9.17, 15) is 29.1 Å². The minimum Gasteiger partial charge on any atom is -0.385 e. The first-order valence-corrected chi connectivity index (χ1v) is 18.5. The normalized spacial score (nSPS) is 25.7. The molecule has 1 unspecified atom stereocenters. The van der Waals surface area contributed by atoms with Crippen molar-refractivity contribution in [3.8, 4) is 0 Å². The van der Waals surface area contributed by atoms with E-state index < -0.39 is 53.4 Å². The third kappa shape index (κ3) is 8.35. The molecule has 0 spiro atoms. The number of hydrogen-bond donors (Lipinski definition) is 4. The average Bonchev–Trinajstić information content (AvgIpc) is 3.92. The predicted octanol–water partition coefficient (Wildman–Crippen LogP) is 3.79. The molecule has 270 valence electrons. The van der Waals surface area contributed by atoms with Crippen molar-refractivity contribution in [3.63, 3.8) is 0 Å². The fraction of sp³-hybridized carbons (Fsp3) is 0.737. The molecule has 7 atom stereocenters. The van der Waals surface area contributed by atoms with E-state index >= 15 is 0 Å². The van der Waals surface area contributed by atoms with E-state index in [0.717, 1.165) is 44.9 Å². The number of aliphatic hydroxyl groups is 1. The van der Waals surface area contributed by atoms with Crippen LogP contribution in [0.2, 0.25) is 0 Å². The largest absolute Gasteiger partial charge is 0.385 e. The predicted molar refractivity (Wildman–Crippen MR) is 185 cm³/mol. The van der Waals surface area contributed by atoms with E-state index in [2.05, 4.69) is 34.8 Å². The first-order chi connectivity index (χ1) is 23.1. The average molecular weight is 680 g/mol. The molecule has 0 aromatic carbocycles. The quantitative estimate of drug-likeness (QED) is 0.233. The zero-order valence-corrected chi connectivity index (χ0v) is 30.2. The smallest absolute Gasteiger partial charge is 0.270 e. The number of likely N-dealkylation sites (tertiary alicyclic amines) is 1. The molecule has 4 fully saturated rings. The number of aliphatic hydroxyl groups excluding tert-OH is 1. The number of carbonyl (C=O) groups excluding carboxylic acids is 5. The molecule has 0 radical (unpaired) electrons. The zero-order valence-electron chi connectivity index (χ0n) is 30.2. The summed E-state index contributed by atoms with van der Waals surface area (Å²) < 4.78 is 0. The second kappa shape index (κ2) is 14.9. The summed E-state index contributed by atoms with van der Waals surface area (Å²) in [6.07, 6.45) is 8.45. The summed E-state index contributed by atoms with van der Waals surface area (Å²) in [6, 6.07) is 1.59. The highest BCUT2D eigenvalue weighted by molar-refractivity contribution is 5.99. The topological polar surface area (TPSA) is 158 Å². The van der Waals surface area contributed by atoms with Gasteiger partial charge in [-0.25, -0.2) is 0 Å². The number of piperidine rings is 1. The fourth-order valence-corrected chi connectivity index (χ4v) is 8.29. The number of fused-ring (bicyclic) bond motifs is 1. The summed E-state index contributed by atoms with van der Waals surface area (Å²) in [7, 11) is 0. The number of ketones is 1. The van der Waals surface area contributed by atoms with Gasteiger partial charge in [0.1, 0.15) is 29.9 Å². The van der Waals surface area contributed by atoms with Gasteiger partial charge >= 0.3 is 0 Å². The maximum absolute atomic E-state index is 14.6. The van der Waals surface area contributed by atoms with E-state index in [-0.39, 0.29) is 40.6 Å². The third-order valence-corrected chi connectivity index (χ3v) is 11.6. The third-order valence-electron chi connectivity index (χ3n) is 11.6. The minimum atomic E-state index is -1.12. The highest BCUT2D eigenvalue weighted by atomic mass is 16.3. The van der Waals surface area contributed by atoms with Gasteiger partial charge in [0.2, 0.25) is 17.7 Å². The molecule has 1 aliphatic heterocycles. The van der Waals surface area contributed by atoms with Crippen molar-refractivity contribution < 1.29 is 29.1 Å². The molecule has 11 nitrogen and oxygen atoms in total. The lowest BCUT2D eigenvalue weighted by atomic mass is 9.82. The standard InChI is InChI=1S/C38H57N5O6/c1-7-13-25(31(45)27(44)20-22-17-18-22)40-35(48)30-28-24(38(28,5)6)21-43(30)36(49)32(37(2,3)4)42-34(47)29(23-14-9-8-10-15-23)41-33(46)26-16-11-12-19-39-26/h11-12,16,19,22-25,27-30,32,44H,7-10,13-15,17-18,20-21H2,1-6H3,(H,40,48)(H,41,46)(H,42,47)/t24-,25-,27?,28-,29-,30-,32+/m0/s1. The molecule has 1 aromatic heterocycles. The molecule has 3 saturated carbocycles. The van der Waals surface area contributed by atoms with E-state index in [1.807, 2.05) is 27.7 Å². The van der Waals surface area contributed by atoms with Gasteiger partial charge in [-0.3, -0.25) is 29.0 Å². The van der Waals surface area contributed by atoms with E-state index in [1.54, 1.807) is 23.1 Å². The van der Waals surface area contributed by atoms with Crippen LogP contribution in [0.25, 0.3) is 0 Å². The highest BCUT2D eigenvalue weighted by Gasteiger charge is 2.70. The molecule has 5 rings (SSSR count). The van der Waals surface area contributed by atoms with Gasteiger partial charge in [-0.15, -0.1) is 0 Å². The molecular weight excluding hydrogens is 622 g/mol. The van der Waals surface area contributed by atoms with Crippen LogP contribution in [0.4, 0.5) is 0 Å². The molecule has 4 N–H and O–H groups in total. The van der Waals surface area contributed by atoms with Crippen LogP contribution in [-0.4, -0.2) is 81.2 Å². The van der Waals surface area contributed by atoms with Crippen LogP contribution >= 0.6 is 0 Å². The molecule has 2 heterocycles. The maximum Gasteiger partial charge on any atom is 0.270 e. The zero-order chi connectivity index (χ0) is 35.7. The monoisotopic (exact) mass is 679 g/mol. The number of carbonyl (C=O) groups is 5. The van der Waals surface area contributed by atoms with Gasteiger partial charge in [-0.1, -0.05) is 86.1 Å². The lowest BCUT2D eigenvalue weighted by Gasteiger charge is -2.39. The van der Waals surface area contributed by atoms with Crippen LogP contribution < -0.4 is 16.0 Å². The Bertz CT molecular complexity index is 1380. The van der Waals surface area contributed by atoms with Crippen LogP contribution in [0, 0.1) is 34.5 Å². The van der Waals surface area contributed by atoms with Crippen LogP contribution in [0.3, 0.4) is 0 Å². The molecule has 1 saturated heterocycles. The number of amides is 4. The molecule has 0 bridgehead atoms. The summed E-state index contributed by atoms with van der Waals surface area (Å²) in [5, 5.41) is 19.6. The molecule has 3 aliphatic carbocycles. The Balaban J connectivity index is 1.35. The molecule has 4 aliphatic rings. The summed E-state index contributed by atoms with van der Waals surface area (Å²) in [5.74, 6) is -1.68. The second-order valence-corrected chi connectivity index (χ2v) is 16.7. The van der Waals surface area contributed by atoms with Crippen molar-refractivity contribution in [2.24, 2.45) is 34.5 Å². The van der Waals surface area contributed by atoms with Gasteiger partial charge in [0.05, 0.1) is 6.04 Å². The van der Waals surface area contributed by atoms with Gasteiger partial charge in [0.25, 0.3) is 5.91 Å². The lowest BCUT2D eigenvalue weighted by molar-refractivity contribution is -0.146. The van der Waals surface area contributed by atoms with E-state index in [0.29, 0.717) is 31.7 Å². The Morgan fingerprint density at radius 1 is 1.00 bits per heavy atom. The number of aromatic nitrogens is 1. The van der Waals surface area contributed by atoms with Crippen molar-refractivity contribution in [2.75, 3.05) is 6.54 Å². The Labute approximate surface area is 291 Å². The van der Waals surface area contributed by atoms with Crippen LogP contribution in [0.15, 0.2) is 24.4 Å². The summed E-state index contributed by atoms with van der Waals surface area (Å²) in [4.78, 5) is 75.1. The van der Waals surface area contributed by atoms with Crippen LogP contribution in [-0.2, 0) is 19.2 Å². The van der Waals surface area contributed by atoms with Gasteiger partial charge in [0, 0.05) is 12.7 Å². The molecule has 4 amide bonds. The minimum absolute atomic E-state index is 0.0841. The number of nitrogens with zero attached hydrogens (tertiary/aromatic N) is 2. The number of rotatable bonds is 14. The molecule has 11 heteroatoms. The Kier molecular flexibility index (Phi) is 11.2. The number of pyridine rings is 1. The van der Waals surface area contributed by atoms with Gasteiger partial charge in [-0.05, 0) is 72.3 Å². The van der Waals surface area contributed by atoms with Crippen molar-refractivity contribution in [1.82, 2.24) is 25.8 Å². The van der Waals surface area contributed by atoms with Crippen LogP contribution in [0.5, 0.6) is 0 Å². The first-order valence-electron chi connectivity index (χ1n) is 18.5. The molecular formula is C38H57N5O6. The number of Topliss-reactive ketones (excluding diaryl/α,β-unsaturated/α-hetero) is 1. The molecule has 49 heavy (non-hydrogen) atoms. The SMILES string of the molecule is CCC[C@H](NC(=O)[C@@H]1[C@@H]2[C@H](CN1C(=O)[C@@H](NC(=O)[C@@H](NC(=O)c1ccccn1)C1CCCCC1)C(C)(C)C)C2(C)C)C(=O)C(O)CC1CC1. The summed E-state index contributed by atoms with van der Waals surface area (Å²) >= 11 is 0. The van der Waals surface area contributed by atoms with Crippen molar-refractivity contribution in [2.45, 2.75) is 136 Å². The number of nitrogens with one attached hydrogen (secondary N) is 3. The van der Waals surface area contributed by atoms with Crippen LogP contribution in [0.1, 0.15) is 116 Å². The Morgan fingerprint density at radius 3 is 2.29 bits per heavy atom. The van der Waals surface area contributed by atoms with Gasteiger partial charge in [-0.2, -0.15) is 0 Å². The highest BCUT2D eigenvalue weighted by Crippen LogP contribution is 2.65. The molecule has 1 aromatic rings. The summed E-state index contributed by atoms with van der Waals surface area (Å²) in [5.41, 5.74) is -0.657. The van der Waals surface area contributed by atoms with Crippen molar-refractivity contribution >= 4 is 29.4 Å². The van der Waals surface area contributed by atoms with E-state index in [1.165, 1.54) is 6.20 Å². The van der Waals surface area contributed by atoms with Gasteiger partial charge in [0.15, 0.2) is 5.78 Å². The second-order valence-electron chi connectivity index (χ2n) is 16.7. The lowest BCUT2D eigenvalue weighted by Crippen LogP contribution is -2.62. The van der Waals surface area contributed by atoms with Crippen molar-refractivity contribution in [3.05, 3.63) is 30.1 Å². The Hall–Kier alpha value is -3.34. The van der Waals surface area contributed by atoms with Crippen molar-refractivity contribution in [1.29, 1.82) is 0 Å². The Morgan fingerprint density at radius 2 is 1.69 bits per heavy atom. The first kappa shape index (κ1) is 36.9. The number of hydrogen-bond acceptors (Lipinski definition) is 7. The maximum atomic E-state index is 14.6. The van der Waals surface area contributed by atoms with Gasteiger partial charge < -0.3 is 26.0 Å². The summed E-state index contributed by atoms with van der Waals surface area (Å²) in [6.45, 7) is 12.1. The van der Waals surface area contributed by atoms with E-state index in [4.69, 9.17) is 0 Å². The fourth-order valence-electron chi connectivity index (χ4n) is 8.29.